The molecule has 0 unspecified atom stereocenters. The number of rotatable bonds is 2. The largest absolute Gasteiger partial charge is 0.397 e. The number of halogens is 2. The highest BCUT2D eigenvalue weighted by molar-refractivity contribution is 9.10. The number of likely N-dealkylation sites (N-methyl/N-ethyl adjacent to an activating group) is 1. The number of nitrogens with two attached hydrogens (primary N) is 2. The summed E-state index contributed by atoms with van der Waals surface area (Å²) in [6.07, 6.45) is 0. The lowest BCUT2D eigenvalue weighted by Gasteiger charge is -2.36. The molecule has 0 saturated carbocycles. The number of hydrogen-bond acceptors (Lipinski definition) is 4. The Hall–Kier alpha value is -0.650. The highest BCUT2D eigenvalue weighted by atomic mass is 79.9. The van der Waals surface area contributed by atoms with Crippen LogP contribution in [0.25, 0.3) is 0 Å². The summed E-state index contributed by atoms with van der Waals surface area (Å²) >= 11 is 9.52. The second-order valence-corrected chi connectivity index (χ2v) is 5.65. The molecule has 0 radical (unpaired) electrons. The normalized spacial score (nSPS) is 17.2. The monoisotopic (exact) mass is 332 g/mol. The maximum atomic E-state index is 6.06. The van der Waals surface area contributed by atoms with Crippen LogP contribution in [0.4, 0.5) is 17.1 Å². The zero-order chi connectivity index (χ0) is 13.3. The van der Waals surface area contributed by atoms with E-state index in [0.717, 1.165) is 42.9 Å². The highest BCUT2D eigenvalue weighted by Crippen LogP contribution is 2.41. The van der Waals surface area contributed by atoms with Crippen LogP contribution in [0.3, 0.4) is 0 Å². The Bertz CT molecular complexity index is 444. The molecule has 0 amide bonds. The lowest BCUT2D eigenvalue weighted by molar-refractivity contribution is 0.271. The van der Waals surface area contributed by atoms with Crippen molar-refractivity contribution in [3.05, 3.63) is 15.6 Å². The Morgan fingerprint density at radius 2 is 1.89 bits per heavy atom. The number of anilines is 3. The molecule has 4 nitrogen and oxygen atoms in total. The minimum absolute atomic E-state index is 0.496. The number of benzene rings is 1. The minimum Gasteiger partial charge on any atom is -0.397 e. The van der Waals surface area contributed by atoms with E-state index >= 15 is 0 Å². The molecule has 18 heavy (non-hydrogen) atoms. The van der Waals surface area contributed by atoms with E-state index in [1.54, 1.807) is 6.07 Å². The molecule has 0 aromatic heterocycles. The van der Waals surface area contributed by atoms with Crippen LogP contribution < -0.4 is 16.4 Å². The van der Waals surface area contributed by atoms with E-state index < -0.39 is 0 Å². The molecule has 1 saturated heterocycles. The summed E-state index contributed by atoms with van der Waals surface area (Å²) in [6, 6.07) is 1.73. The van der Waals surface area contributed by atoms with Gasteiger partial charge in [-0.15, -0.1) is 0 Å². The third kappa shape index (κ3) is 2.53. The average Bonchev–Trinajstić information content (AvgIpc) is 2.37. The quantitative estimate of drug-likeness (QED) is 0.816. The molecule has 1 aromatic rings. The van der Waals surface area contributed by atoms with Crippen molar-refractivity contribution >= 4 is 44.6 Å². The van der Waals surface area contributed by atoms with Gasteiger partial charge in [-0.05, 0) is 28.5 Å². The third-order valence-corrected chi connectivity index (χ3v) is 4.51. The second-order valence-electron chi connectivity index (χ2n) is 4.45. The van der Waals surface area contributed by atoms with Crippen LogP contribution in [0.5, 0.6) is 0 Å². The van der Waals surface area contributed by atoms with Gasteiger partial charge in [0.2, 0.25) is 0 Å². The van der Waals surface area contributed by atoms with E-state index in [1.807, 2.05) is 0 Å². The van der Waals surface area contributed by atoms with Crippen LogP contribution in [0.2, 0.25) is 5.02 Å². The Labute approximate surface area is 121 Å². The fourth-order valence-corrected chi connectivity index (χ4v) is 3.27. The highest BCUT2D eigenvalue weighted by Gasteiger charge is 2.21. The fourth-order valence-electron chi connectivity index (χ4n) is 2.25. The van der Waals surface area contributed by atoms with Crippen LogP contribution in [0.15, 0.2) is 10.5 Å². The zero-order valence-electron chi connectivity index (χ0n) is 10.4. The number of hydrogen-bond donors (Lipinski definition) is 2. The van der Waals surface area contributed by atoms with Gasteiger partial charge in [-0.25, -0.2) is 0 Å². The van der Waals surface area contributed by atoms with Gasteiger partial charge in [-0.2, -0.15) is 0 Å². The van der Waals surface area contributed by atoms with E-state index in [4.69, 9.17) is 23.1 Å². The summed E-state index contributed by atoms with van der Waals surface area (Å²) in [5.74, 6) is 0. The van der Waals surface area contributed by atoms with Crippen LogP contribution in [-0.2, 0) is 0 Å². The van der Waals surface area contributed by atoms with Crippen LogP contribution >= 0.6 is 27.5 Å². The van der Waals surface area contributed by atoms with E-state index in [-0.39, 0.29) is 0 Å². The van der Waals surface area contributed by atoms with E-state index in [1.165, 1.54) is 0 Å². The maximum Gasteiger partial charge on any atom is 0.0767 e. The molecular formula is C12H18BrClN4. The van der Waals surface area contributed by atoms with Gasteiger partial charge in [-0.3, -0.25) is 0 Å². The SMILES string of the molecule is CCN1CCN(c2c(N)cc(Cl)c(N)c2Br)CC1. The van der Waals surface area contributed by atoms with Crippen molar-refractivity contribution in [3.8, 4) is 0 Å². The summed E-state index contributed by atoms with van der Waals surface area (Å²) < 4.78 is 0.803. The fraction of sp³-hybridized carbons (Fsp3) is 0.500. The number of nitrogens with zero attached hydrogens (tertiary/aromatic N) is 2. The molecule has 6 heteroatoms. The Morgan fingerprint density at radius 3 is 2.44 bits per heavy atom. The predicted octanol–water partition coefficient (Wildman–Crippen LogP) is 2.41. The zero-order valence-corrected chi connectivity index (χ0v) is 12.8. The van der Waals surface area contributed by atoms with Gasteiger partial charge in [0.05, 0.1) is 26.6 Å². The molecule has 100 valence electrons. The summed E-state index contributed by atoms with van der Waals surface area (Å²) in [5, 5.41) is 0.496. The molecule has 4 N–H and O–H groups in total. The van der Waals surface area contributed by atoms with Crippen LogP contribution in [-0.4, -0.2) is 37.6 Å². The first-order chi connectivity index (χ1) is 8.54. The van der Waals surface area contributed by atoms with Crippen molar-refractivity contribution in [2.45, 2.75) is 6.92 Å². The summed E-state index contributed by atoms with van der Waals surface area (Å²) in [4.78, 5) is 4.68. The molecule has 0 atom stereocenters. The standard InChI is InChI=1S/C12H18BrClN4/c1-2-17-3-5-18(6-4-17)12-9(15)7-8(14)11(16)10(12)13/h7H,2-6,15-16H2,1H3. The van der Waals surface area contributed by atoms with Crippen LogP contribution in [0, 0.1) is 0 Å². The van der Waals surface area contributed by atoms with Crippen molar-refractivity contribution in [2.75, 3.05) is 49.1 Å². The molecule has 0 bridgehead atoms. The topological polar surface area (TPSA) is 58.5 Å². The van der Waals surface area contributed by atoms with E-state index in [9.17, 15) is 0 Å². The first kappa shape index (κ1) is 13.8. The van der Waals surface area contributed by atoms with E-state index in [0.29, 0.717) is 16.4 Å². The molecular weight excluding hydrogens is 316 g/mol. The summed E-state index contributed by atoms with van der Waals surface area (Å²) in [5.41, 5.74) is 14.2. The average molecular weight is 334 g/mol. The van der Waals surface area contributed by atoms with Gasteiger partial charge >= 0.3 is 0 Å². The molecule has 2 rings (SSSR count). The van der Waals surface area contributed by atoms with Crippen molar-refractivity contribution in [2.24, 2.45) is 0 Å². The number of piperazine rings is 1. The summed E-state index contributed by atoms with van der Waals surface area (Å²) in [7, 11) is 0. The van der Waals surface area contributed by atoms with Gasteiger partial charge in [0.15, 0.2) is 0 Å². The molecule has 0 aliphatic carbocycles. The van der Waals surface area contributed by atoms with Gasteiger partial charge in [-0.1, -0.05) is 18.5 Å². The molecule has 1 heterocycles. The van der Waals surface area contributed by atoms with Gasteiger partial charge in [0.25, 0.3) is 0 Å². The molecule has 1 fully saturated rings. The van der Waals surface area contributed by atoms with Crippen molar-refractivity contribution in [1.29, 1.82) is 0 Å². The lowest BCUT2D eigenvalue weighted by Crippen LogP contribution is -2.46. The minimum atomic E-state index is 0.496. The van der Waals surface area contributed by atoms with Crippen molar-refractivity contribution in [3.63, 3.8) is 0 Å². The molecule has 0 spiro atoms. The Kier molecular flexibility index (Phi) is 4.25. The van der Waals surface area contributed by atoms with Gasteiger partial charge in [0.1, 0.15) is 0 Å². The first-order valence-corrected chi connectivity index (χ1v) is 7.22. The van der Waals surface area contributed by atoms with Gasteiger partial charge in [0, 0.05) is 26.2 Å². The Morgan fingerprint density at radius 1 is 1.28 bits per heavy atom. The molecule has 1 aromatic carbocycles. The van der Waals surface area contributed by atoms with Crippen LogP contribution in [0.1, 0.15) is 6.92 Å². The smallest absolute Gasteiger partial charge is 0.0767 e. The predicted molar refractivity (Wildman–Crippen MR) is 82.3 cm³/mol. The second kappa shape index (κ2) is 5.55. The molecule has 1 aliphatic rings. The van der Waals surface area contributed by atoms with Gasteiger partial charge < -0.3 is 21.3 Å². The van der Waals surface area contributed by atoms with E-state index in [2.05, 4.69) is 32.7 Å². The lowest BCUT2D eigenvalue weighted by atomic mass is 10.2. The van der Waals surface area contributed by atoms with Crippen molar-refractivity contribution < 1.29 is 0 Å². The first-order valence-electron chi connectivity index (χ1n) is 6.04. The molecule has 1 aliphatic heterocycles. The Balaban J connectivity index is 2.27. The summed E-state index contributed by atoms with van der Waals surface area (Å²) in [6.45, 7) is 7.28. The maximum absolute atomic E-state index is 6.06. The third-order valence-electron chi connectivity index (χ3n) is 3.39. The number of nitrogen functional groups attached to an aromatic ring is 2. The van der Waals surface area contributed by atoms with Crippen molar-refractivity contribution in [1.82, 2.24) is 4.90 Å².